The number of nitrogens with one attached hydrogen (secondary N) is 1. The molecule has 8 nitrogen and oxygen atoms in total. The van der Waals surface area contributed by atoms with Gasteiger partial charge in [0.1, 0.15) is 5.75 Å². The molecule has 0 bridgehead atoms. The van der Waals surface area contributed by atoms with Crippen molar-refractivity contribution in [3.63, 3.8) is 0 Å². The summed E-state index contributed by atoms with van der Waals surface area (Å²) in [4.78, 5) is 35.3. The van der Waals surface area contributed by atoms with Gasteiger partial charge in [0.25, 0.3) is 5.91 Å². The minimum atomic E-state index is -1.08. The van der Waals surface area contributed by atoms with Gasteiger partial charge in [-0.15, -0.1) is 5.01 Å². The Morgan fingerprint density at radius 3 is 2.33 bits per heavy atom. The van der Waals surface area contributed by atoms with Crippen LogP contribution in [0.3, 0.4) is 0 Å². The van der Waals surface area contributed by atoms with E-state index < -0.39 is 18.1 Å². The van der Waals surface area contributed by atoms with Crippen molar-refractivity contribution in [3.8, 4) is 5.75 Å². The lowest BCUT2D eigenvalue weighted by atomic mass is 10.2. The summed E-state index contributed by atoms with van der Waals surface area (Å²) >= 11 is 0. The van der Waals surface area contributed by atoms with Crippen LogP contribution >= 0.6 is 0 Å². The van der Waals surface area contributed by atoms with Crippen molar-refractivity contribution in [2.75, 3.05) is 13.2 Å². The Balaban J connectivity index is 3.00. The number of amides is 3. The van der Waals surface area contributed by atoms with Gasteiger partial charge in [0.05, 0.1) is 18.8 Å². The number of hydrazine groups is 1. The molecule has 1 rings (SSSR count). The van der Waals surface area contributed by atoms with Crippen LogP contribution < -0.4 is 5.43 Å². The monoisotopic (exact) mass is 296 g/mol. The molecule has 0 saturated carbocycles. The molecule has 8 heteroatoms. The van der Waals surface area contributed by atoms with Crippen LogP contribution in [0.25, 0.3) is 0 Å². The molecular weight excluding hydrogens is 280 g/mol. The number of phenolic OH excluding ortho intramolecular Hbond substituents is 1. The Kier molecular flexibility index (Phi) is 5.99. The Hall–Kier alpha value is -2.77. The molecule has 21 heavy (non-hydrogen) atoms. The minimum absolute atomic E-state index is 0.00783. The van der Waals surface area contributed by atoms with Crippen LogP contribution in [-0.4, -0.2) is 41.4 Å². The Labute approximate surface area is 121 Å². The summed E-state index contributed by atoms with van der Waals surface area (Å²) in [5, 5.41) is 9.98. The molecule has 0 atom stereocenters. The molecule has 2 N–H and O–H groups in total. The molecule has 0 spiro atoms. The molecule has 1 aromatic carbocycles. The number of ether oxygens (including phenoxy) is 2. The first kappa shape index (κ1) is 16.3. The molecular formula is C13H16N2O6. The lowest BCUT2D eigenvalue weighted by Gasteiger charge is -2.20. The Morgan fingerprint density at radius 1 is 1.14 bits per heavy atom. The van der Waals surface area contributed by atoms with Gasteiger partial charge in [-0.2, -0.15) is 0 Å². The molecule has 0 aromatic heterocycles. The van der Waals surface area contributed by atoms with Gasteiger partial charge in [0.15, 0.2) is 0 Å². The second-order valence-electron chi connectivity index (χ2n) is 3.69. The van der Waals surface area contributed by atoms with Crippen LogP contribution in [0, 0.1) is 0 Å². The van der Waals surface area contributed by atoms with E-state index in [1.807, 2.05) is 5.43 Å². The highest BCUT2D eigenvalue weighted by Gasteiger charge is 2.28. The lowest BCUT2D eigenvalue weighted by Crippen LogP contribution is -2.50. The van der Waals surface area contributed by atoms with Gasteiger partial charge in [0.2, 0.25) is 0 Å². The molecule has 0 heterocycles. The molecule has 0 fully saturated rings. The first-order valence-electron chi connectivity index (χ1n) is 6.23. The molecule has 114 valence electrons. The van der Waals surface area contributed by atoms with Crippen LogP contribution in [0.2, 0.25) is 0 Å². The summed E-state index contributed by atoms with van der Waals surface area (Å²) in [7, 11) is 0. The number of phenols is 1. The van der Waals surface area contributed by atoms with Gasteiger partial charge >= 0.3 is 12.2 Å². The van der Waals surface area contributed by atoms with Crippen LogP contribution in [0.5, 0.6) is 5.75 Å². The zero-order valence-corrected chi connectivity index (χ0v) is 11.7. The molecule has 0 aliphatic rings. The van der Waals surface area contributed by atoms with E-state index >= 15 is 0 Å². The van der Waals surface area contributed by atoms with Gasteiger partial charge in [-0.1, -0.05) is 12.1 Å². The van der Waals surface area contributed by atoms with Crippen molar-refractivity contribution >= 4 is 18.1 Å². The van der Waals surface area contributed by atoms with E-state index in [9.17, 15) is 19.5 Å². The number of hydrogen-bond donors (Lipinski definition) is 2. The maximum atomic E-state index is 12.2. The van der Waals surface area contributed by atoms with Crippen LogP contribution in [-0.2, 0) is 9.47 Å². The molecule has 0 aliphatic heterocycles. The first-order valence-corrected chi connectivity index (χ1v) is 6.23. The predicted molar refractivity (Wildman–Crippen MR) is 71.5 cm³/mol. The summed E-state index contributed by atoms with van der Waals surface area (Å²) in [5.41, 5.74) is 1.80. The zero-order chi connectivity index (χ0) is 15.8. The second kappa shape index (κ2) is 7.73. The normalized spacial score (nSPS) is 9.62. The van der Waals surface area contributed by atoms with Gasteiger partial charge in [0, 0.05) is 0 Å². The number of rotatable bonds is 3. The standard InChI is InChI=1S/C13H16N2O6/c1-3-20-12(18)14-15(13(19)21-4-2)11(17)9-7-5-6-8-10(9)16/h5-8,16H,3-4H2,1-2H3,(H,14,18). The number of aromatic hydroxyl groups is 1. The summed E-state index contributed by atoms with van der Waals surface area (Å²) < 4.78 is 9.28. The number of carbonyl (C=O) groups excluding carboxylic acids is 3. The van der Waals surface area contributed by atoms with Crippen molar-refractivity contribution in [1.82, 2.24) is 10.4 Å². The highest BCUT2D eigenvalue weighted by molar-refractivity contribution is 6.05. The first-order chi connectivity index (χ1) is 10.0. The smallest absolute Gasteiger partial charge is 0.436 e. The molecule has 0 radical (unpaired) electrons. The van der Waals surface area contributed by atoms with Crippen molar-refractivity contribution in [2.45, 2.75) is 13.8 Å². The van der Waals surface area contributed by atoms with E-state index in [2.05, 4.69) is 9.47 Å². The third-order valence-electron chi connectivity index (χ3n) is 2.27. The predicted octanol–water partition coefficient (Wildman–Crippen LogP) is 1.65. The minimum Gasteiger partial charge on any atom is -0.507 e. The third-order valence-corrected chi connectivity index (χ3v) is 2.27. The molecule has 0 saturated heterocycles. The topological polar surface area (TPSA) is 105 Å². The zero-order valence-electron chi connectivity index (χ0n) is 11.7. The second-order valence-corrected chi connectivity index (χ2v) is 3.69. The van der Waals surface area contributed by atoms with Gasteiger partial charge in [-0.05, 0) is 26.0 Å². The average Bonchev–Trinajstić information content (AvgIpc) is 2.45. The average molecular weight is 296 g/mol. The van der Waals surface area contributed by atoms with Crippen molar-refractivity contribution < 1.29 is 29.0 Å². The SMILES string of the molecule is CCOC(=O)NN(C(=O)OCC)C(=O)c1ccccc1O. The van der Waals surface area contributed by atoms with E-state index in [1.54, 1.807) is 13.8 Å². The number of nitrogens with zero attached hydrogens (tertiary/aromatic N) is 1. The van der Waals surface area contributed by atoms with Crippen molar-refractivity contribution in [3.05, 3.63) is 29.8 Å². The van der Waals surface area contributed by atoms with Gasteiger partial charge in [-0.3, -0.25) is 4.79 Å². The molecule has 3 amide bonds. The Bertz CT molecular complexity index is 531. The fraction of sp³-hybridized carbons (Fsp3) is 0.308. The van der Waals surface area contributed by atoms with Gasteiger partial charge in [-0.25, -0.2) is 15.0 Å². The van der Waals surface area contributed by atoms with E-state index in [1.165, 1.54) is 24.3 Å². The highest BCUT2D eigenvalue weighted by Crippen LogP contribution is 2.17. The van der Waals surface area contributed by atoms with Crippen molar-refractivity contribution in [1.29, 1.82) is 0 Å². The number of para-hydroxylation sites is 1. The van der Waals surface area contributed by atoms with E-state index in [0.29, 0.717) is 5.01 Å². The van der Waals surface area contributed by atoms with E-state index in [4.69, 9.17) is 0 Å². The van der Waals surface area contributed by atoms with Gasteiger partial charge < -0.3 is 14.6 Å². The summed E-state index contributed by atoms with van der Waals surface area (Å²) in [6.07, 6.45) is -2.08. The van der Waals surface area contributed by atoms with E-state index in [0.717, 1.165) is 0 Å². The molecule has 0 aliphatic carbocycles. The summed E-state index contributed by atoms with van der Waals surface area (Å²) in [6.45, 7) is 3.19. The largest absolute Gasteiger partial charge is 0.507 e. The van der Waals surface area contributed by atoms with Crippen LogP contribution in [0.15, 0.2) is 24.3 Å². The maximum absolute atomic E-state index is 12.2. The van der Waals surface area contributed by atoms with Crippen LogP contribution in [0.4, 0.5) is 9.59 Å². The third kappa shape index (κ3) is 4.37. The number of hydrogen-bond acceptors (Lipinski definition) is 6. The lowest BCUT2D eigenvalue weighted by molar-refractivity contribution is 0.0519. The van der Waals surface area contributed by atoms with E-state index in [-0.39, 0.29) is 24.5 Å². The number of carbonyl (C=O) groups is 3. The summed E-state index contributed by atoms with van der Waals surface area (Å²) in [6, 6.07) is 5.60. The quantitative estimate of drug-likeness (QED) is 0.822. The fourth-order valence-corrected chi connectivity index (χ4v) is 1.40. The molecule has 1 aromatic rings. The summed E-state index contributed by atoms with van der Waals surface area (Å²) in [5.74, 6) is -1.28. The van der Waals surface area contributed by atoms with Crippen LogP contribution in [0.1, 0.15) is 24.2 Å². The number of imide groups is 1. The maximum Gasteiger partial charge on any atom is 0.436 e. The highest BCUT2D eigenvalue weighted by atomic mass is 16.6. The fourth-order valence-electron chi connectivity index (χ4n) is 1.40. The molecule has 0 unspecified atom stereocenters. The Morgan fingerprint density at radius 2 is 1.76 bits per heavy atom. The number of benzene rings is 1. The van der Waals surface area contributed by atoms with Crippen molar-refractivity contribution in [2.24, 2.45) is 0 Å².